The first-order valence-electron chi connectivity index (χ1n) is 7.82. The summed E-state index contributed by atoms with van der Waals surface area (Å²) in [7, 11) is 1.83. The Hall–Kier alpha value is -0.410. The van der Waals surface area contributed by atoms with E-state index in [1.807, 2.05) is 13.2 Å². The van der Waals surface area contributed by atoms with Gasteiger partial charge in [-0.3, -0.25) is 4.99 Å². The third kappa shape index (κ3) is 6.37. The van der Waals surface area contributed by atoms with E-state index in [2.05, 4.69) is 39.4 Å². The van der Waals surface area contributed by atoms with Crippen LogP contribution in [0.4, 0.5) is 0 Å². The topological polar surface area (TPSA) is 52.5 Å². The fourth-order valence-electron chi connectivity index (χ4n) is 2.65. The largest absolute Gasteiger partial charge is 0.354 e. The molecular formula is C15H28IN5S. The summed E-state index contributed by atoms with van der Waals surface area (Å²) >= 11 is 1.73. The van der Waals surface area contributed by atoms with Crippen LogP contribution in [0, 0.1) is 6.92 Å². The molecule has 126 valence electrons. The van der Waals surface area contributed by atoms with Crippen LogP contribution in [0.25, 0.3) is 0 Å². The lowest BCUT2D eigenvalue weighted by atomic mass is 10.1. The number of guanidine groups is 1. The van der Waals surface area contributed by atoms with Crippen LogP contribution in [-0.2, 0) is 6.54 Å². The van der Waals surface area contributed by atoms with Crippen molar-refractivity contribution in [1.82, 2.24) is 20.5 Å². The predicted molar refractivity (Wildman–Crippen MR) is 105 cm³/mol. The number of nitrogens with one attached hydrogen (secondary N) is 2. The van der Waals surface area contributed by atoms with Crippen molar-refractivity contribution < 1.29 is 0 Å². The molecular weight excluding hydrogens is 409 g/mol. The molecule has 7 heteroatoms. The van der Waals surface area contributed by atoms with Crippen molar-refractivity contribution in [3.63, 3.8) is 0 Å². The molecule has 1 aliphatic rings. The van der Waals surface area contributed by atoms with Gasteiger partial charge in [0.05, 0.1) is 6.54 Å². The summed E-state index contributed by atoms with van der Waals surface area (Å²) in [6.07, 6.45) is 5.55. The molecule has 0 spiro atoms. The maximum absolute atomic E-state index is 4.37. The smallest absolute Gasteiger partial charge is 0.191 e. The maximum Gasteiger partial charge on any atom is 0.191 e. The van der Waals surface area contributed by atoms with Gasteiger partial charge in [0.25, 0.3) is 0 Å². The van der Waals surface area contributed by atoms with Crippen LogP contribution in [0.2, 0.25) is 0 Å². The van der Waals surface area contributed by atoms with E-state index in [4.69, 9.17) is 0 Å². The number of piperidine rings is 1. The molecule has 0 saturated carbocycles. The van der Waals surface area contributed by atoms with Gasteiger partial charge in [-0.1, -0.05) is 6.92 Å². The Morgan fingerprint density at radius 3 is 2.73 bits per heavy atom. The highest BCUT2D eigenvalue weighted by molar-refractivity contribution is 14.0. The number of nitrogens with zero attached hydrogens (tertiary/aromatic N) is 3. The molecule has 2 heterocycles. The van der Waals surface area contributed by atoms with Crippen LogP contribution in [-0.4, -0.2) is 48.6 Å². The third-order valence-corrected chi connectivity index (χ3v) is 4.68. The Kier molecular flexibility index (Phi) is 9.27. The minimum Gasteiger partial charge on any atom is -0.354 e. The molecule has 0 unspecified atom stereocenters. The third-order valence-electron chi connectivity index (χ3n) is 3.77. The molecule has 5 nitrogen and oxygen atoms in total. The Morgan fingerprint density at radius 1 is 1.45 bits per heavy atom. The molecule has 22 heavy (non-hydrogen) atoms. The summed E-state index contributed by atoms with van der Waals surface area (Å²) in [6.45, 7) is 8.67. The van der Waals surface area contributed by atoms with Gasteiger partial charge in [-0.2, -0.15) is 0 Å². The Balaban J connectivity index is 0.00000242. The van der Waals surface area contributed by atoms with Crippen molar-refractivity contribution in [2.45, 2.75) is 45.7 Å². The number of likely N-dealkylation sites (tertiary alicyclic amines) is 1. The quantitative estimate of drug-likeness (QED) is 0.423. The molecule has 0 aliphatic carbocycles. The molecule has 1 aliphatic heterocycles. The van der Waals surface area contributed by atoms with E-state index in [0.29, 0.717) is 6.04 Å². The minimum atomic E-state index is 0. The highest BCUT2D eigenvalue weighted by atomic mass is 127. The average Bonchev–Trinajstić information content (AvgIpc) is 2.91. The second-order valence-electron chi connectivity index (χ2n) is 5.55. The van der Waals surface area contributed by atoms with Gasteiger partial charge in [0.2, 0.25) is 0 Å². The van der Waals surface area contributed by atoms with Crippen LogP contribution in [0.5, 0.6) is 0 Å². The Labute approximate surface area is 155 Å². The van der Waals surface area contributed by atoms with Crippen molar-refractivity contribution in [3.8, 4) is 0 Å². The van der Waals surface area contributed by atoms with Crippen molar-refractivity contribution in [2.75, 3.05) is 26.7 Å². The number of halogens is 1. The van der Waals surface area contributed by atoms with Crippen LogP contribution in [0.3, 0.4) is 0 Å². The van der Waals surface area contributed by atoms with Gasteiger partial charge >= 0.3 is 0 Å². The molecule has 1 fully saturated rings. The Morgan fingerprint density at radius 2 is 2.18 bits per heavy atom. The number of aliphatic imine (C=N–C) groups is 1. The predicted octanol–water partition coefficient (Wildman–Crippen LogP) is 2.61. The molecule has 0 atom stereocenters. The van der Waals surface area contributed by atoms with Gasteiger partial charge in [0.1, 0.15) is 5.01 Å². The Bertz CT molecular complexity index is 455. The molecule has 1 aromatic heterocycles. The summed E-state index contributed by atoms with van der Waals surface area (Å²) in [6, 6.07) is 0.530. The normalized spacial score (nSPS) is 17.1. The molecule has 1 saturated heterocycles. The first-order valence-corrected chi connectivity index (χ1v) is 8.63. The van der Waals surface area contributed by atoms with Gasteiger partial charge < -0.3 is 15.5 Å². The lowest BCUT2D eigenvalue weighted by Gasteiger charge is -2.32. The van der Waals surface area contributed by atoms with E-state index in [0.717, 1.165) is 17.5 Å². The standard InChI is InChI=1S/C15H27N5S.HI/c1-4-7-20-8-5-13(6-9-20)19-15(16-3)18-11-14-17-10-12(2)21-14;/h10,13H,4-9,11H2,1-3H3,(H2,16,18,19);1H. The van der Waals surface area contributed by atoms with Crippen molar-refractivity contribution >= 4 is 41.3 Å². The highest BCUT2D eigenvalue weighted by Crippen LogP contribution is 2.12. The number of aromatic nitrogens is 1. The van der Waals surface area contributed by atoms with E-state index in [1.165, 1.54) is 43.8 Å². The second kappa shape index (κ2) is 10.4. The highest BCUT2D eigenvalue weighted by Gasteiger charge is 2.19. The van der Waals surface area contributed by atoms with E-state index >= 15 is 0 Å². The number of rotatable bonds is 5. The lowest BCUT2D eigenvalue weighted by molar-refractivity contribution is 0.206. The van der Waals surface area contributed by atoms with Gasteiger partial charge in [-0.05, 0) is 32.7 Å². The van der Waals surface area contributed by atoms with Gasteiger partial charge in [0.15, 0.2) is 5.96 Å². The fraction of sp³-hybridized carbons (Fsp3) is 0.733. The molecule has 0 aromatic carbocycles. The molecule has 0 bridgehead atoms. The lowest BCUT2D eigenvalue weighted by Crippen LogP contribution is -2.48. The zero-order chi connectivity index (χ0) is 15.1. The summed E-state index contributed by atoms with van der Waals surface area (Å²) in [5.74, 6) is 0.886. The van der Waals surface area contributed by atoms with Gasteiger partial charge in [-0.25, -0.2) is 4.98 Å². The molecule has 0 amide bonds. The minimum absolute atomic E-state index is 0. The summed E-state index contributed by atoms with van der Waals surface area (Å²) in [5.41, 5.74) is 0. The van der Waals surface area contributed by atoms with Crippen molar-refractivity contribution in [1.29, 1.82) is 0 Å². The van der Waals surface area contributed by atoms with E-state index in [1.54, 1.807) is 11.3 Å². The van der Waals surface area contributed by atoms with E-state index in [-0.39, 0.29) is 24.0 Å². The van der Waals surface area contributed by atoms with E-state index in [9.17, 15) is 0 Å². The van der Waals surface area contributed by atoms with Crippen LogP contribution in [0.1, 0.15) is 36.1 Å². The molecule has 2 N–H and O–H groups in total. The first-order chi connectivity index (χ1) is 10.2. The first kappa shape index (κ1) is 19.6. The average molecular weight is 437 g/mol. The van der Waals surface area contributed by atoms with Crippen molar-refractivity contribution in [3.05, 3.63) is 16.1 Å². The van der Waals surface area contributed by atoms with Gasteiger partial charge in [-0.15, -0.1) is 35.3 Å². The zero-order valence-corrected chi connectivity index (χ0v) is 16.9. The number of thiazole rings is 1. The summed E-state index contributed by atoms with van der Waals surface area (Å²) < 4.78 is 0. The SMILES string of the molecule is CCCN1CCC(NC(=NC)NCc2ncc(C)s2)CC1.I. The molecule has 0 radical (unpaired) electrons. The number of hydrogen-bond acceptors (Lipinski definition) is 4. The van der Waals surface area contributed by atoms with Crippen LogP contribution >= 0.6 is 35.3 Å². The monoisotopic (exact) mass is 437 g/mol. The van der Waals surface area contributed by atoms with Crippen molar-refractivity contribution in [2.24, 2.45) is 4.99 Å². The van der Waals surface area contributed by atoms with Crippen LogP contribution < -0.4 is 10.6 Å². The summed E-state index contributed by atoms with van der Waals surface area (Å²) in [5, 5.41) is 8.00. The van der Waals surface area contributed by atoms with E-state index < -0.39 is 0 Å². The number of aryl methyl sites for hydroxylation is 1. The van der Waals surface area contributed by atoms with Crippen LogP contribution in [0.15, 0.2) is 11.2 Å². The molecule has 1 aromatic rings. The number of hydrogen-bond donors (Lipinski definition) is 2. The maximum atomic E-state index is 4.37. The summed E-state index contributed by atoms with van der Waals surface area (Å²) in [4.78, 5) is 12.5. The fourth-order valence-corrected chi connectivity index (χ4v) is 3.37. The second-order valence-corrected chi connectivity index (χ2v) is 6.87. The van der Waals surface area contributed by atoms with Gasteiger partial charge in [0, 0.05) is 37.3 Å². The molecule has 2 rings (SSSR count). The zero-order valence-electron chi connectivity index (χ0n) is 13.8.